The number of nitrogens with one attached hydrogen (secondary N) is 1. The minimum atomic E-state index is 0.365. The highest BCUT2D eigenvalue weighted by molar-refractivity contribution is 7.11. The fourth-order valence-corrected chi connectivity index (χ4v) is 3.02. The molecule has 0 atom stereocenters. The van der Waals surface area contributed by atoms with E-state index < -0.39 is 0 Å². The highest BCUT2D eigenvalue weighted by atomic mass is 32.1. The molecule has 16 heavy (non-hydrogen) atoms. The van der Waals surface area contributed by atoms with Gasteiger partial charge >= 0.3 is 0 Å². The summed E-state index contributed by atoms with van der Waals surface area (Å²) < 4.78 is 5.23. The first kappa shape index (κ1) is 10.7. The van der Waals surface area contributed by atoms with E-state index in [9.17, 15) is 0 Å². The molecule has 1 saturated heterocycles. The van der Waals surface area contributed by atoms with Gasteiger partial charge in [-0.1, -0.05) is 6.92 Å². The Morgan fingerprint density at radius 1 is 1.56 bits per heavy atom. The van der Waals surface area contributed by atoms with Crippen LogP contribution in [0, 0.1) is 5.41 Å². The van der Waals surface area contributed by atoms with Crippen molar-refractivity contribution in [2.45, 2.75) is 32.2 Å². The summed E-state index contributed by atoms with van der Waals surface area (Å²) in [6.45, 7) is 6.07. The second kappa shape index (κ2) is 4.09. The minimum absolute atomic E-state index is 0.365. The Kier molecular flexibility index (Phi) is 2.73. The number of rotatable bonds is 5. The molecule has 0 aromatic carbocycles. The monoisotopic (exact) mass is 238 g/mol. The fraction of sp³-hybridized carbons (Fsp3) is 0.750. The molecule has 1 aromatic rings. The van der Waals surface area contributed by atoms with Crippen LogP contribution in [0.25, 0.3) is 0 Å². The van der Waals surface area contributed by atoms with E-state index in [1.807, 2.05) is 17.5 Å². The van der Waals surface area contributed by atoms with E-state index in [1.54, 1.807) is 0 Å². The molecule has 2 aliphatic rings. The molecule has 0 unspecified atom stereocenters. The molecule has 0 spiro atoms. The smallest absolute Gasteiger partial charge is 0.0959 e. The van der Waals surface area contributed by atoms with E-state index in [1.165, 1.54) is 22.7 Å². The fourth-order valence-electron chi connectivity index (χ4n) is 1.96. The average molecular weight is 238 g/mol. The molecule has 1 aliphatic heterocycles. The third kappa shape index (κ3) is 2.29. The van der Waals surface area contributed by atoms with Crippen LogP contribution >= 0.6 is 11.3 Å². The Balaban J connectivity index is 1.46. The molecule has 3 rings (SSSR count). The lowest BCUT2D eigenvalue weighted by Crippen LogP contribution is -2.47. The van der Waals surface area contributed by atoms with Gasteiger partial charge in [0.15, 0.2) is 0 Å². The molecular formula is C12H18N2OS. The van der Waals surface area contributed by atoms with Crippen molar-refractivity contribution in [3.63, 3.8) is 0 Å². The van der Waals surface area contributed by atoms with Crippen molar-refractivity contribution in [1.29, 1.82) is 0 Å². The Labute approximate surface area is 100 Å². The van der Waals surface area contributed by atoms with Crippen LogP contribution in [-0.2, 0) is 11.3 Å². The lowest BCUT2D eigenvalue weighted by atomic mass is 9.89. The molecule has 0 radical (unpaired) electrons. The Bertz CT molecular complexity index is 369. The van der Waals surface area contributed by atoms with Crippen LogP contribution in [0.4, 0.5) is 0 Å². The summed E-state index contributed by atoms with van der Waals surface area (Å²) in [5.41, 5.74) is 0.365. The Hall–Kier alpha value is -0.450. The first-order valence-electron chi connectivity index (χ1n) is 5.98. The maximum Gasteiger partial charge on any atom is 0.0959 e. The van der Waals surface area contributed by atoms with Crippen LogP contribution in [0.15, 0.2) is 6.20 Å². The molecule has 3 nitrogen and oxygen atoms in total. The summed E-state index contributed by atoms with van der Waals surface area (Å²) >= 11 is 1.87. The number of thiazole rings is 1. The summed E-state index contributed by atoms with van der Waals surface area (Å²) in [7, 11) is 0. The van der Waals surface area contributed by atoms with Crippen LogP contribution in [0.3, 0.4) is 0 Å². The van der Waals surface area contributed by atoms with Gasteiger partial charge in [-0.3, -0.25) is 0 Å². The van der Waals surface area contributed by atoms with Gasteiger partial charge in [0, 0.05) is 35.5 Å². The van der Waals surface area contributed by atoms with Gasteiger partial charge in [0.25, 0.3) is 0 Å². The summed E-state index contributed by atoms with van der Waals surface area (Å²) in [6.07, 6.45) is 4.72. The van der Waals surface area contributed by atoms with E-state index in [4.69, 9.17) is 4.74 Å². The predicted octanol–water partition coefficient (Wildman–Crippen LogP) is 2.15. The van der Waals surface area contributed by atoms with Crippen molar-refractivity contribution >= 4 is 11.3 Å². The van der Waals surface area contributed by atoms with Crippen LogP contribution in [0.1, 0.15) is 35.6 Å². The molecule has 0 amide bonds. The third-order valence-electron chi connectivity index (χ3n) is 3.25. The largest absolute Gasteiger partial charge is 0.380 e. The molecule has 1 saturated carbocycles. The number of aromatic nitrogens is 1. The van der Waals surface area contributed by atoms with E-state index in [-0.39, 0.29) is 0 Å². The van der Waals surface area contributed by atoms with Gasteiger partial charge in [0.2, 0.25) is 0 Å². The lowest BCUT2D eigenvalue weighted by Gasteiger charge is -2.38. The van der Waals surface area contributed by atoms with Crippen LogP contribution in [-0.4, -0.2) is 24.7 Å². The molecule has 0 bridgehead atoms. The summed E-state index contributed by atoms with van der Waals surface area (Å²) in [4.78, 5) is 5.85. The normalized spacial score (nSPS) is 23.1. The van der Waals surface area contributed by atoms with E-state index in [0.717, 1.165) is 32.2 Å². The van der Waals surface area contributed by atoms with Crippen molar-refractivity contribution in [3.8, 4) is 0 Å². The van der Waals surface area contributed by atoms with Gasteiger partial charge in [-0.05, 0) is 12.8 Å². The maximum atomic E-state index is 5.23. The van der Waals surface area contributed by atoms with Gasteiger partial charge in [-0.2, -0.15) is 0 Å². The van der Waals surface area contributed by atoms with Crippen molar-refractivity contribution in [2.24, 2.45) is 5.41 Å². The van der Waals surface area contributed by atoms with Gasteiger partial charge in [0.1, 0.15) is 0 Å². The summed E-state index contributed by atoms with van der Waals surface area (Å²) in [5, 5.41) is 4.85. The second-order valence-corrected chi connectivity index (χ2v) is 6.49. The standard InChI is InChI=1S/C12H18N2OS/c1-12(7-15-8-12)6-13-4-10-5-14-11(16-10)9-2-3-9/h5,9,13H,2-4,6-8H2,1H3. The van der Waals surface area contributed by atoms with Crippen LogP contribution in [0.5, 0.6) is 0 Å². The zero-order chi connectivity index (χ0) is 11.0. The van der Waals surface area contributed by atoms with Crippen LogP contribution in [0.2, 0.25) is 0 Å². The topological polar surface area (TPSA) is 34.2 Å². The van der Waals surface area contributed by atoms with Crippen LogP contribution < -0.4 is 5.32 Å². The number of hydrogen-bond donors (Lipinski definition) is 1. The van der Waals surface area contributed by atoms with Gasteiger partial charge in [0.05, 0.1) is 18.2 Å². The zero-order valence-corrected chi connectivity index (χ0v) is 10.5. The molecule has 1 aliphatic carbocycles. The molecule has 4 heteroatoms. The van der Waals surface area contributed by atoms with Gasteiger partial charge in [-0.15, -0.1) is 11.3 Å². The molecule has 2 heterocycles. The molecular weight excluding hydrogens is 220 g/mol. The first-order valence-corrected chi connectivity index (χ1v) is 6.80. The van der Waals surface area contributed by atoms with Crippen molar-refractivity contribution in [2.75, 3.05) is 19.8 Å². The minimum Gasteiger partial charge on any atom is -0.380 e. The quantitative estimate of drug-likeness (QED) is 0.853. The molecule has 1 aromatic heterocycles. The maximum absolute atomic E-state index is 5.23. The van der Waals surface area contributed by atoms with E-state index >= 15 is 0 Å². The highest BCUT2D eigenvalue weighted by Gasteiger charge is 2.32. The third-order valence-corrected chi connectivity index (χ3v) is 4.41. The number of ether oxygens (including phenoxy) is 1. The van der Waals surface area contributed by atoms with E-state index in [2.05, 4.69) is 17.2 Å². The van der Waals surface area contributed by atoms with E-state index in [0.29, 0.717) is 5.41 Å². The molecule has 88 valence electrons. The van der Waals surface area contributed by atoms with Gasteiger partial charge in [-0.25, -0.2) is 4.98 Å². The predicted molar refractivity (Wildman–Crippen MR) is 64.7 cm³/mol. The number of nitrogens with zero attached hydrogens (tertiary/aromatic N) is 1. The van der Waals surface area contributed by atoms with Crippen molar-refractivity contribution in [1.82, 2.24) is 10.3 Å². The second-order valence-electron chi connectivity index (χ2n) is 5.35. The van der Waals surface area contributed by atoms with Gasteiger partial charge < -0.3 is 10.1 Å². The SMILES string of the molecule is CC1(CNCc2cnc(C3CC3)s2)COC1. The van der Waals surface area contributed by atoms with Crippen molar-refractivity contribution in [3.05, 3.63) is 16.1 Å². The Morgan fingerprint density at radius 2 is 2.38 bits per heavy atom. The zero-order valence-electron chi connectivity index (χ0n) is 9.66. The highest BCUT2D eigenvalue weighted by Crippen LogP contribution is 2.41. The lowest BCUT2D eigenvalue weighted by molar-refractivity contribution is -0.0991. The molecule has 2 fully saturated rings. The van der Waals surface area contributed by atoms with Crippen molar-refractivity contribution < 1.29 is 4.74 Å². The molecule has 1 N–H and O–H groups in total. The first-order chi connectivity index (χ1) is 7.75. The summed E-state index contributed by atoms with van der Waals surface area (Å²) in [5.74, 6) is 0.788. The number of hydrogen-bond acceptors (Lipinski definition) is 4. The average Bonchev–Trinajstić information content (AvgIpc) is 2.97. The summed E-state index contributed by atoms with van der Waals surface area (Å²) in [6, 6.07) is 0. The Morgan fingerprint density at radius 3 is 3.00 bits per heavy atom.